The number of pyridine rings is 1. The molecule has 0 aliphatic carbocycles. The van der Waals surface area contributed by atoms with Gasteiger partial charge >= 0.3 is 0 Å². The summed E-state index contributed by atoms with van der Waals surface area (Å²) in [4.78, 5) is 16.5. The van der Waals surface area contributed by atoms with Crippen molar-refractivity contribution in [1.82, 2.24) is 4.98 Å². The number of anilines is 1. The summed E-state index contributed by atoms with van der Waals surface area (Å²) in [6.07, 6.45) is 7.10. The Balaban J connectivity index is 0.000000425. The molecule has 3 rings (SSSR count). The summed E-state index contributed by atoms with van der Waals surface area (Å²) in [5, 5.41) is 8.36. The monoisotopic (exact) mass is 552 g/mol. The first-order valence-corrected chi connectivity index (χ1v) is 8.79. The number of carbonyl (C=O) groups is 1. The molecular weight excluding hydrogens is 527 g/mol. The molecule has 2 heterocycles. The molecule has 1 aromatic heterocycles. The minimum Gasteiger partial charge on any atom is -0.512 e. The fourth-order valence-corrected chi connectivity index (χ4v) is 2.83. The number of aryl methyl sites for hydroxylation is 2. The van der Waals surface area contributed by atoms with Crippen molar-refractivity contribution in [3.63, 3.8) is 0 Å². The van der Waals surface area contributed by atoms with Gasteiger partial charge in [0, 0.05) is 38.1 Å². The molecule has 0 spiro atoms. The molecule has 1 aliphatic rings. The van der Waals surface area contributed by atoms with Crippen LogP contribution in [0.1, 0.15) is 25.0 Å². The molecule has 1 aromatic carbocycles. The van der Waals surface area contributed by atoms with Crippen molar-refractivity contribution in [2.24, 2.45) is 0 Å². The van der Waals surface area contributed by atoms with Crippen LogP contribution in [0.3, 0.4) is 0 Å². The first-order chi connectivity index (χ1) is 12.9. The van der Waals surface area contributed by atoms with Crippen LogP contribution in [0.2, 0.25) is 0 Å². The normalized spacial score (nSPS) is 12.8. The Hall–Kier alpha value is -2.43. The first-order valence-electron chi connectivity index (χ1n) is 8.79. The van der Waals surface area contributed by atoms with Crippen LogP contribution in [-0.2, 0) is 24.9 Å². The van der Waals surface area contributed by atoms with E-state index in [0.717, 1.165) is 5.59 Å². The van der Waals surface area contributed by atoms with E-state index in [0.29, 0.717) is 0 Å². The molecule has 6 heteroatoms. The molecule has 0 bridgehead atoms. The van der Waals surface area contributed by atoms with Gasteiger partial charge in [0.1, 0.15) is 0 Å². The number of ketones is 1. The maximum absolute atomic E-state index is 10.0. The molecule has 1 N–H and O–H groups in total. The third-order valence-electron chi connectivity index (χ3n) is 3.95. The number of benzene rings is 1. The summed E-state index contributed by atoms with van der Waals surface area (Å²) in [6.45, 7) is 7.25. The van der Waals surface area contributed by atoms with Gasteiger partial charge in [-0.3, -0.25) is 9.78 Å². The van der Waals surface area contributed by atoms with E-state index in [2.05, 4.69) is 60.1 Å². The topological polar surface area (TPSA) is 53.4 Å². The molecule has 4 nitrogen and oxygen atoms in total. The average Bonchev–Trinajstić information content (AvgIpc) is 2.62. The summed E-state index contributed by atoms with van der Waals surface area (Å²) in [6, 6.07) is 12.3. The Morgan fingerprint density at radius 3 is 2.25 bits per heavy atom. The van der Waals surface area contributed by atoms with Gasteiger partial charge in [-0.2, -0.15) is 6.20 Å². The second-order valence-electron chi connectivity index (χ2n) is 6.41. The Kier molecular flexibility index (Phi) is 9.64. The standard InChI is InChI=1S/C17H16BN2.C5H8O2.Ir/c1-14-6-5-7-15(2)17(14)20-12-9-18(10-13-20)16-8-3-4-11-19-16;1-4(6)3-5(2)7;/h3-9,11-13H,1-2H3;3,6H,1-2H3;/q-1;;/b;4-3-;. The number of nitrogens with zero attached hydrogens (tertiary/aromatic N) is 2. The molecular formula is C22H24BIrN2O2-. The predicted molar refractivity (Wildman–Crippen MR) is 112 cm³/mol. The van der Waals surface area contributed by atoms with E-state index < -0.39 is 0 Å². The van der Waals surface area contributed by atoms with Crippen LogP contribution in [0.15, 0.2) is 72.8 Å². The van der Waals surface area contributed by atoms with Gasteiger partial charge in [0.25, 0.3) is 0 Å². The Bertz CT molecular complexity index is 841. The largest absolute Gasteiger partial charge is 0.512 e. The fourth-order valence-electron chi connectivity index (χ4n) is 2.83. The van der Waals surface area contributed by atoms with Gasteiger partial charge in [0.15, 0.2) is 5.78 Å². The summed E-state index contributed by atoms with van der Waals surface area (Å²) < 4.78 is 0. The number of para-hydroxylation sites is 1. The SMILES string of the molecule is CC(=O)/C=C(/C)O.Cc1cccc(C)c1N1C=[C-]B(c2ccccn2)C=C1.[Ir]. The van der Waals surface area contributed by atoms with Gasteiger partial charge in [-0.25, -0.2) is 0 Å². The van der Waals surface area contributed by atoms with E-state index in [9.17, 15) is 4.79 Å². The Morgan fingerprint density at radius 1 is 1.14 bits per heavy atom. The van der Waals surface area contributed by atoms with Crippen molar-refractivity contribution in [3.05, 3.63) is 89.9 Å². The van der Waals surface area contributed by atoms with Gasteiger partial charge in [0.05, 0.1) is 12.5 Å². The Labute approximate surface area is 181 Å². The van der Waals surface area contributed by atoms with Crippen LogP contribution >= 0.6 is 0 Å². The zero-order valence-electron chi connectivity index (χ0n) is 16.5. The van der Waals surface area contributed by atoms with Gasteiger partial charge in [-0.15, -0.1) is 5.98 Å². The number of aliphatic hydroxyl groups is 1. The average molecular weight is 551 g/mol. The molecule has 0 saturated heterocycles. The zero-order valence-corrected chi connectivity index (χ0v) is 18.9. The number of allylic oxidation sites excluding steroid dienone is 2. The van der Waals surface area contributed by atoms with E-state index in [1.807, 2.05) is 30.6 Å². The van der Waals surface area contributed by atoms with E-state index in [-0.39, 0.29) is 38.4 Å². The molecule has 1 aliphatic heterocycles. The minimum atomic E-state index is -0.125. The molecule has 28 heavy (non-hydrogen) atoms. The Morgan fingerprint density at radius 2 is 1.82 bits per heavy atom. The number of carbonyl (C=O) groups excluding carboxylic acids is 1. The van der Waals surface area contributed by atoms with Crippen molar-refractivity contribution in [1.29, 1.82) is 0 Å². The van der Waals surface area contributed by atoms with Crippen molar-refractivity contribution >= 4 is 23.8 Å². The quantitative estimate of drug-likeness (QED) is 0.273. The van der Waals surface area contributed by atoms with E-state index in [1.165, 1.54) is 36.7 Å². The zero-order chi connectivity index (χ0) is 19.8. The van der Waals surface area contributed by atoms with E-state index >= 15 is 0 Å². The van der Waals surface area contributed by atoms with Crippen LogP contribution in [-0.4, -0.2) is 22.6 Å². The van der Waals surface area contributed by atoms with Crippen molar-refractivity contribution < 1.29 is 30.0 Å². The smallest absolute Gasteiger partial charge is 0.155 e. The maximum Gasteiger partial charge on any atom is 0.155 e. The number of hydrogen-bond donors (Lipinski definition) is 1. The third-order valence-corrected chi connectivity index (χ3v) is 3.95. The summed E-state index contributed by atoms with van der Waals surface area (Å²) in [5.41, 5.74) is 4.80. The number of aliphatic hydroxyl groups excluding tert-OH is 1. The van der Waals surface area contributed by atoms with Gasteiger partial charge in [-0.1, -0.05) is 30.3 Å². The van der Waals surface area contributed by atoms with Gasteiger partial charge in [-0.05, 0) is 56.7 Å². The molecule has 0 atom stereocenters. The molecule has 147 valence electrons. The van der Waals surface area contributed by atoms with Crippen molar-refractivity contribution in [2.75, 3.05) is 4.90 Å². The number of hydrogen-bond acceptors (Lipinski definition) is 4. The van der Waals surface area contributed by atoms with Crippen LogP contribution in [0, 0.1) is 19.8 Å². The molecule has 1 radical (unpaired) electrons. The summed E-state index contributed by atoms with van der Waals surface area (Å²) in [7, 11) is 0. The van der Waals surface area contributed by atoms with E-state index in [4.69, 9.17) is 5.11 Å². The van der Waals surface area contributed by atoms with Crippen LogP contribution in [0.4, 0.5) is 5.69 Å². The minimum absolute atomic E-state index is 0. The van der Waals surface area contributed by atoms with Gasteiger partial charge < -0.3 is 16.0 Å². The first kappa shape index (κ1) is 23.6. The molecule has 2 aromatic rings. The predicted octanol–water partition coefficient (Wildman–Crippen LogP) is 3.86. The molecule has 0 unspecified atom stereocenters. The molecule has 0 fully saturated rings. The third kappa shape index (κ3) is 6.95. The second kappa shape index (κ2) is 11.4. The molecule has 0 saturated carbocycles. The summed E-state index contributed by atoms with van der Waals surface area (Å²) in [5.74, 6) is 5.46. The van der Waals surface area contributed by atoms with Gasteiger partial charge in [0.2, 0.25) is 0 Å². The number of rotatable bonds is 3. The summed E-state index contributed by atoms with van der Waals surface area (Å²) >= 11 is 0. The van der Waals surface area contributed by atoms with Crippen molar-refractivity contribution in [3.8, 4) is 0 Å². The molecule has 0 amide bonds. The van der Waals surface area contributed by atoms with Crippen LogP contribution in [0.25, 0.3) is 0 Å². The fraction of sp³-hybridized carbons (Fsp3) is 0.182. The second-order valence-corrected chi connectivity index (χ2v) is 6.41. The van der Waals surface area contributed by atoms with E-state index in [1.54, 1.807) is 0 Å². The van der Waals surface area contributed by atoms with Crippen LogP contribution in [0.5, 0.6) is 0 Å². The maximum atomic E-state index is 10.0. The van der Waals surface area contributed by atoms with Crippen molar-refractivity contribution in [2.45, 2.75) is 27.7 Å². The number of aromatic nitrogens is 1. The van der Waals surface area contributed by atoms with Crippen LogP contribution < -0.4 is 10.5 Å².